The van der Waals surface area contributed by atoms with Crippen molar-refractivity contribution in [1.82, 2.24) is 5.06 Å². The van der Waals surface area contributed by atoms with E-state index in [1.165, 1.54) is 5.06 Å². The molecule has 0 spiro atoms. The summed E-state index contributed by atoms with van der Waals surface area (Å²) >= 11 is 5.92. The summed E-state index contributed by atoms with van der Waals surface area (Å²) in [5.74, 6) is -0.268. The van der Waals surface area contributed by atoms with Crippen LogP contribution in [0.25, 0.3) is 0 Å². The van der Waals surface area contributed by atoms with Gasteiger partial charge in [0.2, 0.25) is 0 Å². The molecule has 0 aromatic heterocycles. The van der Waals surface area contributed by atoms with Crippen LogP contribution in [-0.4, -0.2) is 24.1 Å². The maximum absolute atomic E-state index is 11.9. The van der Waals surface area contributed by atoms with Crippen LogP contribution in [0.5, 0.6) is 0 Å². The van der Waals surface area contributed by atoms with Gasteiger partial charge < -0.3 is 5.73 Å². The van der Waals surface area contributed by atoms with Gasteiger partial charge in [0.1, 0.15) is 0 Å². The second-order valence-electron chi connectivity index (χ2n) is 3.30. The lowest BCUT2D eigenvalue weighted by Gasteiger charge is -2.15. The zero-order valence-electron chi connectivity index (χ0n) is 8.07. The molecule has 0 saturated carbocycles. The highest BCUT2D eigenvalue weighted by atomic mass is 35.5. The molecule has 0 aliphatic carbocycles. The van der Waals surface area contributed by atoms with Gasteiger partial charge in [0.25, 0.3) is 5.91 Å². The Labute approximate surface area is 92.5 Å². The van der Waals surface area contributed by atoms with Gasteiger partial charge in [-0.25, -0.2) is 5.06 Å². The van der Waals surface area contributed by atoms with Gasteiger partial charge in [0.15, 0.2) is 0 Å². The molecule has 5 heteroatoms. The van der Waals surface area contributed by atoms with E-state index < -0.39 is 0 Å². The number of hydrogen-bond donors (Lipinski definition) is 1. The molecule has 15 heavy (non-hydrogen) atoms. The van der Waals surface area contributed by atoms with Crippen LogP contribution in [0.1, 0.15) is 16.8 Å². The zero-order chi connectivity index (χ0) is 10.8. The minimum atomic E-state index is -0.268. The third-order valence-corrected chi connectivity index (χ3v) is 2.55. The van der Waals surface area contributed by atoms with E-state index in [-0.39, 0.29) is 5.91 Å². The van der Waals surface area contributed by atoms with Gasteiger partial charge in [0.05, 0.1) is 23.7 Å². The highest BCUT2D eigenvalue weighted by molar-refractivity contribution is 6.34. The van der Waals surface area contributed by atoms with Crippen LogP contribution in [0, 0.1) is 0 Å². The molecule has 1 amide bonds. The summed E-state index contributed by atoms with van der Waals surface area (Å²) in [6.07, 6.45) is 0.843. The first-order valence-corrected chi connectivity index (χ1v) is 5.06. The van der Waals surface area contributed by atoms with Crippen LogP contribution in [0.15, 0.2) is 18.2 Å². The average Bonchev–Trinajstić information content (AvgIpc) is 2.69. The first-order valence-electron chi connectivity index (χ1n) is 4.69. The van der Waals surface area contributed by atoms with Crippen LogP contribution in [0.2, 0.25) is 5.02 Å². The van der Waals surface area contributed by atoms with Gasteiger partial charge >= 0.3 is 0 Å². The number of carbonyl (C=O) groups is 1. The van der Waals surface area contributed by atoms with Crippen molar-refractivity contribution in [2.24, 2.45) is 0 Å². The standard InChI is InChI=1S/C10H11ClN2O2/c11-7-3-1-4-8(12)9(7)10(14)13-5-2-6-15-13/h1,3-4H,2,5-6,12H2. The summed E-state index contributed by atoms with van der Waals surface area (Å²) in [6, 6.07) is 5.00. The Morgan fingerprint density at radius 3 is 2.93 bits per heavy atom. The monoisotopic (exact) mass is 226 g/mol. The SMILES string of the molecule is Nc1cccc(Cl)c1C(=O)N1CCCO1. The molecule has 1 aromatic carbocycles. The fourth-order valence-electron chi connectivity index (χ4n) is 1.50. The molecule has 1 fully saturated rings. The number of hydrogen-bond acceptors (Lipinski definition) is 3. The number of nitrogen functional groups attached to an aromatic ring is 1. The highest BCUT2D eigenvalue weighted by Gasteiger charge is 2.24. The number of hydroxylamine groups is 2. The number of benzene rings is 1. The van der Waals surface area contributed by atoms with Crippen LogP contribution in [0.4, 0.5) is 5.69 Å². The van der Waals surface area contributed by atoms with Gasteiger partial charge in [-0.05, 0) is 18.6 Å². The average molecular weight is 227 g/mol. The lowest BCUT2D eigenvalue weighted by atomic mass is 10.1. The molecule has 1 aliphatic heterocycles. The van der Waals surface area contributed by atoms with E-state index in [9.17, 15) is 4.79 Å². The van der Waals surface area contributed by atoms with E-state index in [0.29, 0.717) is 29.4 Å². The quantitative estimate of drug-likeness (QED) is 0.742. The van der Waals surface area contributed by atoms with Crippen LogP contribution in [-0.2, 0) is 4.84 Å². The van der Waals surface area contributed by atoms with Crippen molar-refractivity contribution in [2.75, 3.05) is 18.9 Å². The van der Waals surface area contributed by atoms with Crippen LogP contribution < -0.4 is 5.73 Å². The largest absolute Gasteiger partial charge is 0.398 e. The molecule has 80 valence electrons. The lowest BCUT2D eigenvalue weighted by molar-refractivity contribution is -0.0767. The third kappa shape index (κ3) is 1.91. The lowest BCUT2D eigenvalue weighted by Crippen LogP contribution is -2.27. The van der Waals surface area contributed by atoms with Gasteiger partial charge in [-0.3, -0.25) is 9.63 Å². The number of amides is 1. The number of nitrogens with two attached hydrogens (primary N) is 1. The predicted molar refractivity (Wildman–Crippen MR) is 57.5 cm³/mol. The Morgan fingerprint density at radius 2 is 2.33 bits per heavy atom. The fourth-order valence-corrected chi connectivity index (χ4v) is 1.76. The number of anilines is 1. The Bertz CT molecular complexity index is 369. The van der Waals surface area contributed by atoms with Gasteiger partial charge in [-0.1, -0.05) is 17.7 Å². The first kappa shape index (κ1) is 10.3. The number of rotatable bonds is 1. The van der Waals surface area contributed by atoms with E-state index in [4.69, 9.17) is 22.2 Å². The maximum atomic E-state index is 11.9. The topological polar surface area (TPSA) is 55.6 Å². The molecule has 2 rings (SSSR count). The zero-order valence-corrected chi connectivity index (χ0v) is 8.83. The molecular formula is C10H11ClN2O2. The first-order chi connectivity index (χ1) is 7.20. The smallest absolute Gasteiger partial charge is 0.281 e. The minimum absolute atomic E-state index is 0.268. The molecule has 0 unspecified atom stereocenters. The molecule has 2 N–H and O–H groups in total. The Hall–Kier alpha value is -1.26. The summed E-state index contributed by atoms with van der Waals surface area (Å²) in [7, 11) is 0. The number of carbonyl (C=O) groups excluding carboxylic acids is 1. The summed E-state index contributed by atoms with van der Waals surface area (Å²) in [5, 5.41) is 1.66. The predicted octanol–water partition coefficient (Wildman–Crippen LogP) is 1.70. The molecule has 0 atom stereocenters. The molecule has 1 aromatic rings. The molecular weight excluding hydrogens is 216 g/mol. The molecule has 1 aliphatic rings. The summed E-state index contributed by atoms with van der Waals surface area (Å²) in [6.45, 7) is 1.15. The summed E-state index contributed by atoms with van der Waals surface area (Å²) in [4.78, 5) is 17.1. The van der Waals surface area contributed by atoms with Crippen molar-refractivity contribution in [3.63, 3.8) is 0 Å². The van der Waals surface area contributed by atoms with E-state index in [0.717, 1.165) is 6.42 Å². The highest BCUT2D eigenvalue weighted by Crippen LogP contribution is 2.24. The molecule has 0 radical (unpaired) electrons. The third-order valence-electron chi connectivity index (χ3n) is 2.24. The van der Waals surface area contributed by atoms with Crippen LogP contribution in [0.3, 0.4) is 0 Å². The Morgan fingerprint density at radius 1 is 1.53 bits per heavy atom. The second kappa shape index (κ2) is 4.08. The molecule has 4 nitrogen and oxygen atoms in total. The summed E-state index contributed by atoms with van der Waals surface area (Å²) in [5.41, 5.74) is 6.40. The van der Waals surface area contributed by atoms with Crippen molar-refractivity contribution < 1.29 is 9.63 Å². The van der Waals surface area contributed by atoms with Gasteiger partial charge in [0, 0.05) is 5.69 Å². The fraction of sp³-hybridized carbons (Fsp3) is 0.300. The van der Waals surface area contributed by atoms with Gasteiger partial charge in [-0.2, -0.15) is 0 Å². The number of nitrogens with zero attached hydrogens (tertiary/aromatic N) is 1. The number of halogens is 1. The van der Waals surface area contributed by atoms with Crippen LogP contribution >= 0.6 is 11.6 Å². The van der Waals surface area contributed by atoms with Crippen molar-refractivity contribution in [3.05, 3.63) is 28.8 Å². The van der Waals surface area contributed by atoms with E-state index >= 15 is 0 Å². The Balaban J connectivity index is 2.32. The molecule has 1 saturated heterocycles. The molecule has 1 heterocycles. The second-order valence-corrected chi connectivity index (χ2v) is 3.71. The summed E-state index contributed by atoms with van der Waals surface area (Å²) < 4.78 is 0. The van der Waals surface area contributed by atoms with E-state index in [1.807, 2.05) is 0 Å². The molecule has 0 bridgehead atoms. The Kier molecular flexibility index (Phi) is 2.79. The van der Waals surface area contributed by atoms with Crippen molar-refractivity contribution in [1.29, 1.82) is 0 Å². The van der Waals surface area contributed by atoms with Crippen molar-refractivity contribution >= 4 is 23.2 Å². The van der Waals surface area contributed by atoms with E-state index in [1.54, 1.807) is 18.2 Å². The van der Waals surface area contributed by atoms with E-state index in [2.05, 4.69) is 0 Å². The minimum Gasteiger partial charge on any atom is -0.398 e. The van der Waals surface area contributed by atoms with Crippen molar-refractivity contribution in [2.45, 2.75) is 6.42 Å². The maximum Gasteiger partial charge on any atom is 0.281 e. The van der Waals surface area contributed by atoms with Crippen molar-refractivity contribution in [3.8, 4) is 0 Å². The normalized spacial score (nSPS) is 15.7. The van der Waals surface area contributed by atoms with Gasteiger partial charge in [-0.15, -0.1) is 0 Å².